The van der Waals surface area contributed by atoms with Gasteiger partial charge in [-0.25, -0.2) is 17.9 Å². The van der Waals surface area contributed by atoms with Crippen molar-refractivity contribution >= 4 is 50.6 Å². The van der Waals surface area contributed by atoms with Crippen molar-refractivity contribution in [3.63, 3.8) is 0 Å². The van der Waals surface area contributed by atoms with Crippen LogP contribution < -0.4 is 14.9 Å². The quantitative estimate of drug-likeness (QED) is 0.483. The van der Waals surface area contributed by atoms with Gasteiger partial charge in [0.25, 0.3) is 0 Å². The Labute approximate surface area is 191 Å². The highest BCUT2D eigenvalue weighted by Gasteiger charge is 2.20. The second-order valence-corrected chi connectivity index (χ2v) is 9.33. The number of halogens is 2. The number of hydrogen-bond acceptors (Lipinski definition) is 3. The summed E-state index contributed by atoms with van der Waals surface area (Å²) in [4.78, 5) is 14.3. The van der Waals surface area contributed by atoms with Crippen molar-refractivity contribution < 1.29 is 13.2 Å². The fourth-order valence-electron chi connectivity index (χ4n) is 2.84. The SMILES string of the molecule is Cc1ccc(NC(=O)N(CCNS(=O)(=O)c2cc(Cl)ccc2Cl)c2ccccc2)cc1. The van der Waals surface area contributed by atoms with Crippen molar-refractivity contribution in [3.8, 4) is 0 Å². The van der Waals surface area contributed by atoms with Crippen LogP contribution in [0.1, 0.15) is 5.56 Å². The van der Waals surface area contributed by atoms with Gasteiger partial charge < -0.3 is 5.32 Å². The number of rotatable bonds is 7. The number of sulfonamides is 1. The molecule has 0 bridgehead atoms. The number of aryl methyl sites for hydroxylation is 1. The Morgan fingerprint density at radius 3 is 2.32 bits per heavy atom. The monoisotopic (exact) mass is 477 g/mol. The maximum Gasteiger partial charge on any atom is 0.326 e. The standard InChI is InChI=1S/C22H21Cl2N3O3S/c1-16-7-10-18(11-8-16)26-22(28)27(19-5-3-2-4-6-19)14-13-25-31(29,30)21-15-17(23)9-12-20(21)24/h2-12,15,25H,13-14H2,1H3,(H,26,28). The summed E-state index contributed by atoms with van der Waals surface area (Å²) in [7, 11) is -3.91. The molecule has 162 valence electrons. The number of urea groups is 1. The zero-order valence-electron chi connectivity index (χ0n) is 16.7. The van der Waals surface area contributed by atoms with Crippen LogP contribution in [0.3, 0.4) is 0 Å². The van der Waals surface area contributed by atoms with E-state index in [-0.39, 0.29) is 34.1 Å². The maximum atomic E-state index is 12.9. The molecule has 0 heterocycles. The molecule has 2 amide bonds. The Morgan fingerprint density at radius 1 is 0.968 bits per heavy atom. The zero-order chi connectivity index (χ0) is 22.4. The Morgan fingerprint density at radius 2 is 1.65 bits per heavy atom. The highest BCUT2D eigenvalue weighted by molar-refractivity contribution is 7.89. The highest BCUT2D eigenvalue weighted by atomic mass is 35.5. The summed E-state index contributed by atoms with van der Waals surface area (Å²) in [5.74, 6) is 0. The second kappa shape index (κ2) is 10.2. The lowest BCUT2D eigenvalue weighted by Gasteiger charge is -2.23. The van der Waals surface area contributed by atoms with E-state index in [9.17, 15) is 13.2 Å². The summed E-state index contributed by atoms with van der Waals surface area (Å²) >= 11 is 11.9. The first kappa shape index (κ1) is 23.1. The highest BCUT2D eigenvalue weighted by Crippen LogP contribution is 2.25. The smallest absolute Gasteiger partial charge is 0.308 e. The fourth-order valence-corrected chi connectivity index (χ4v) is 4.62. The molecular weight excluding hydrogens is 457 g/mol. The third kappa shape index (κ3) is 6.21. The molecule has 31 heavy (non-hydrogen) atoms. The normalized spacial score (nSPS) is 11.2. The summed E-state index contributed by atoms with van der Waals surface area (Å²) in [5.41, 5.74) is 2.35. The van der Waals surface area contributed by atoms with E-state index in [2.05, 4.69) is 10.0 Å². The minimum Gasteiger partial charge on any atom is -0.308 e. The number of amides is 2. The van der Waals surface area contributed by atoms with Crippen LogP contribution >= 0.6 is 23.2 Å². The summed E-state index contributed by atoms with van der Waals surface area (Å²) in [6.45, 7) is 2.03. The fraction of sp³-hybridized carbons (Fsp3) is 0.136. The van der Waals surface area contributed by atoms with Gasteiger partial charge in [-0.2, -0.15) is 0 Å². The molecule has 0 fully saturated rings. The molecule has 0 saturated heterocycles. The van der Waals surface area contributed by atoms with Crippen LogP contribution in [0, 0.1) is 6.92 Å². The first-order valence-electron chi connectivity index (χ1n) is 9.41. The molecule has 3 aromatic carbocycles. The number of nitrogens with one attached hydrogen (secondary N) is 2. The van der Waals surface area contributed by atoms with Gasteiger partial charge in [-0.05, 0) is 49.4 Å². The van der Waals surface area contributed by atoms with E-state index in [1.165, 1.54) is 23.1 Å². The largest absolute Gasteiger partial charge is 0.326 e. The van der Waals surface area contributed by atoms with Crippen molar-refractivity contribution in [3.05, 3.63) is 88.4 Å². The summed E-state index contributed by atoms with van der Waals surface area (Å²) < 4.78 is 27.8. The lowest BCUT2D eigenvalue weighted by atomic mass is 10.2. The summed E-state index contributed by atoms with van der Waals surface area (Å²) in [5, 5.41) is 3.16. The summed E-state index contributed by atoms with van der Waals surface area (Å²) in [6.07, 6.45) is 0. The van der Waals surface area contributed by atoms with Crippen LogP contribution in [0.5, 0.6) is 0 Å². The molecule has 3 rings (SSSR count). The number of benzene rings is 3. The molecule has 3 aromatic rings. The van der Waals surface area contributed by atoms with E-state index in [0.717, 1.165) is 5.56 Å². The molecule has 0 aliphatic rings. The minimum absolute atomic E-state index is 0.0264. The average molecular weight is 478 g/mol. The third-order valence-electron chi connectivity index (χ3n) is 4.43. The van der Waals surface area contributed by atoms with E-state index < -0.39 is 10.0 Å². The predicted octanol–water partition coefficient (Wildman–Crippen LogP) is 5.32. The molecular formula is C22H21Cl2N3O3S. The molecule has 0 atom stereocenters. The molecule has 0 radical (unpaired) electrons. The van der Waals surface area contributed by atoms with Gasteiger partial charge in [0.2, 0.25) is 10.0 Å². The predicted molar refractivity (Wildman–Crippen MR) is 126 cm³/mol. The van der Waals surface area contributed by atoms with Crippen LogP contribution in [-0.2, 0) is 10.0 Å². The van der Waals surface area contributed by atoms with E-state index in [1.807, 2.05) is 25.1 Å². The molecule has 2 N–H and O–H groups in total. The molecule has 0 aliphatic heterocycles. The molecule has 0 spiro atoms. The first-order chi connectivity index (χ1) is 14.8. The van der Waals surface area contributed by atoms with E-state index in [4.69, 9.17) is 23.2 Å². The molecule has 6 nitrogen and oxygen atoms in total. The van der Waals surface area contributed by atoms with Crippen molar-refractivity contribution in [1.82, 2.24) is 4.72 Å². The molecule has 9 heteroatoms. The van der Waals surface area contributed by atoms with Gasteiger partial charge in [-0.1, -0.05) is 59.1 Å². The van der Waals surface area contributed by atoms with Crippen LogP contribution in [0.2, 0.25) is 10.0 Å². The van der Waals surface area contributed by atoms with Crippen LogP contribution in [0.4, 0.5) is 16.2 Å². The van der Waals surface area contributed by atoms with Gasteiger partial charge >= 0.3 is 6.03 Å². The Hall–Kier alpha value is -2.58. The Bertz CT molecular complexity index is 1150. The minimum atomic E-state index is -3.91. The third-order valence-corrected chi connectivity index (χ3v) is 6.60. The topological polar surface area (TPSA) is 78.5 Å². The van der Waals surface area contributed by atoms with Gasteiger partial charge in [-0.15, -0.1) is 0 Å². The lowest BCUT2D eigenvalue weighted by Crippen LogP contribution is -2.41. The maximum absolute atomic E-state index is 12.9. The first-order valence-corrected chi connectivity index (χ1v) is 11.6. The molecule has 0 aromatic heterocycles. The van der Waals surface area contributed by atoms with Gasteiger partial charge in [0, 0.05) is 29.5 Å². The van der Waals surface area contributed by atoms with Crippen LogP contribution in [0.15, 0.2) is 77.7 Å². The van der Waals surface area contributed by atoms with Crippen molar-refractivity contribution in [2.75, 3.05) is 23.3 Å². The number of anilines is 2. The van der Waals surface area contributed by atoms with Crippen LogP contribution in [-0.4, -0.2) is 27.5 Å². The second-order valence-electron chi connectivity index (χ2n) is 6.76. The molecule has 0 aliphatic carbocycles. The summed E-state index contributed by atoms with van der Waals surface area (Å²) in [6, 6.07) is 20.2. The van der Waals surface area contributed by atoms with Gasteiger partial charge in [0.05, 0.1) is 5.02 Å². The number of nitrogens with zero attached hydrogens (tertiary/aromatic N) is 1. The van der Waals surface area contributed by atoms with Crippen molar-refractivity contribution in [1.29, 1.82) is 0 Å². The number of hydrogen-bond donors (Lipinski definition) is 2. The van der Waals surface area contributed by atoms with Crippen LogP contribution in [0.25, 0.3) is 0 Å². The van der Waals surface area contributed by atoms with Gasteiger partial charge in [0.1, 0.15) is 4.90 Å². The number of carbonyl (C=O) groups is 1. The molecule has 0 unspecified atom stereocenters. The molecule has 0 saturated carbocycles. The lowest BCUT2D eigenvalue weighted by molar-refractivity contribution is 0.257. The van der Waals surface area contributed by atoms with E-state index in [1.54, 1.807) is 36.4 Å². The Balaban J connectivity index is 1.74. The van der Waals surface area contributed by atoms with Crippen molar-refractivity contribution in [2.45, 2.75) is 11.8 Å². The van der Waals surface area contributed by atoms with Crippen molar-refractivity contribution in [2.24, 2.45) is 0 Å². The Kier molecular flexibility index (Phi) is 7.56. The van der Waals surface area contributed by atoms with Gasteiger partial charge in [0.15, 0.2) is 0 Å². The number of carbonyl (C=O) groups excluding carboxylic acids is 1. The van der Waals surface area contributed by atoms with E-state index in [0.29, 0.717) is 11.4 Å². The zero-order valence-corrected chi connectivity index (χ0v) is 19.0. The van der Waals surface area contributed by atoms with Gasteiger partial charge in [-0.3, -0.25) is 4.90 Å². The number of para-hydroxylation sites is 1. The average Bonchev–Trinajstić information content (AvgIpc) is 2.75. The van der Waals surface area contributed by atoms with E-state index >= 15 is 0 Å².